The zero-order valence-electron chi connectivity index (χ0n) is 10.7. The SMILES string of the molecule is COc1ccc(C(=O)NC2CCC(C)C2)cc1F. The minimum atomic E-state index is -0.509. The molecule has 1 aromatic rings. The van der Waals surface area contributed by atoms with Crippen molar-refractivity contribution < 1.29 is 13.9 Å². The van der Waals surface area contributed by atoms with Crippen molar-refractivity contribution in [2.45, 2.75) is 32.2 Å². The number of carbonyl (C=O) groups excluding carboxylic acids is 1. The summed E-state index contributed by atoms with van der Waals surface area (Å²) in [4.78, 5) is 11.9. The van der Waals surface area contributed by atoms with Crippen LogP contribution in [0, 0.1) is 11.7 Å². The topological polar surface area (TPSA) is 38.3 Å². The van der Waals surface area contributed by atoms with E-state index in [2.05, 4.69) is 12.2 Å². The molecule has 1 aliphatic rings. The van der Waals surface area contributed by atoms with E-state index in [0.29, 0.717) is 11.5 Å². The molecular weight excluding hydrogens is 233 g/mol. The molecule has 2 unspecified atom stereocenters. The molecule has 2 atom stereocenters. The van der Waals surface area contributed by atoms with Crippen molar-refractivity contribution >= 4 is 5.91 Å². The second-order valence-electron chi connectivity index (χ2n) is 4.94. The van der Waals surface area contributed by atoms with Crippen LogP contribution < -0.4 is 10.1 Å². The molecule has 1 fully saturated rings. The van der Waals surface area contributed by atoms with Crippen LogP contribution in [0.4, 0.5) is 4.39 Å². The largest absolute Gasteiger partial charge is 0.494 e. The number of nitrogens with one attached hydrogen (secondary N) is 1. The first-order valence-electron chi connectivity index (χ1n) is 6.24. The molecule has 0 bridgehead atoms. The van der Waals surface area contributed by atoms with Crippen LogP contribution in [0.3, 0.4) is 0 Å². The lowest BCUT2D eigenvalue weighted by Crippen LogP contribution is -2.32. The molecule has 1 aliphatic carbocycles. The average Bonchev–Trinajstić information content (AvgIpc) is 2.74. The number of benzene rings is 1. The number of amides is 1. The Bertz CT molecular complexity index is 447. The van der Waals surface area contributed by atoms with Crippen LogP contribution in [0.5, 0.6) is 5.75 Å². The van der Waals surface area contributed by atoms with E-state index in [1.807, 2.05) is 0 Å². The van der Waals surface area contributed by atoms with E-state index < -0.39 is 5.82 Å². The number of hydrogen-bond acceptors (Lipinski definition) is 2. The molecule has 18 heavy (non-hydrogen) atoms. The molecule has 4 heteroatoms. The van der Waals surface area contributed by atoms with Crippen LogP contribution in [0.25, 0.3) is 0 Å². The number of methoxy groups -OCH3 is 1. The third kappa shape index (κ3) is 2.81. The molecule has 0 heterocycles. The van der Waals surface area contributed by atoms with Gasteiger partial charge in [0.2, 0.25) is 0 Å². The molecule has 0 radical (unpaired) electrons. The van der Waals surface area contributed by atoms with Gasteiger partial charge in [-0.25, -0.2) is 4.39 Å². The first-order chi connectivity index (χ1) is 8.60. The summed E-state index contributed by atoms with van der Waals surface area (Å²) in [6.07, 6.45) is 3.15. The smallest absolute Gasteiger partial charge is 0.251 e. The summed E-state index contributed by atoms with van der Waals surface area (Å²) < 4.78 is 18.3. The summed E-state index contributed by atoms with van der Waals surface area (Å²) in [6.45, 7) is 2.18. The van der Waals surface area contributed by atoms with Gasteiger partial charge in [0.1, 0.15) is 0 Å². The van der Waals surface area contributed by atoms with Crippen molar-refractivity contribution in [3.05, 3.63) is 29.6 Å². The molecule has 0 aliphatic heterocycles. The van der Waals surface area contributed by atoms with Crippen molar-refractivity contribution in [2.24, 2.45) is 5.92 Å². The Kier molecular flexibility index (Phi) is 3.84. The first kappa shape index (κ1) is 12.9. The predicted octanol–water partition coefficient (Wildman–Crippen LogP) is 2.75. The van der Waals surface area contributed by atoms with Gasteiger partial charge in [-0.1, -0.05) is 6.92 Å². The van der Waals surface area contributed by atoms with Gasteiger partial charge in [0.15, 0.2) is 11.6 Å². The van der Waals surface area contributed by atoms with E-state index in [4.69, 9.17) is 4.74 Å². The lowest BCUT2D eigenvalue weighted by molar-refractivity contribution is 0.0937. The van der Waals surface area contributed by atoms with Crippen LogP contribution in [0.15, 0.2) is 18.2 Å². The molecule has 1 aromatic carbocycles. The maximum atomic E-state index is 13.5. The summed E-state index contributed by atoms with van der Waals surface area (Å²) in [7, 11) is 1.40. The molecule has 0 spiro atoms. The van der Waals surface area contributed by atoms with Crippen LogP contribution in [-0.2, 0) is 0 Å². The first-order valence-corrected chi connectivity index (χ1v) is 6.24. The molecule has 0 saturated heterocycles. The van der Waals surface area contributed by atoms with E-state index in [-0.39, 0.29) is 17.7 Å². The van der Waals surface area contributed by atoms with E-state index >= 15 is 0 Å². The van der Waals surface area contributed by atoms with Gasteiger partial charge in [0.25, 0.3) is 5.91 Å². The molecule has 3 nitrogen and oxygen atoms in total. The van der Waals surface area contributed by atoms with Crippen molar-refractivity contribution in [3.63, 3.8) is 0 Å². The molecule has 1 saturated carbocycles. The highest BCUT2D eigenvalue weighted by Gasteiger charge is 2.23. The Balaban J connectivity index is 2.02. The van der Waals surface area contributed by atoms with E-state index in [1.165, 1.54) is 19.2 Å². The van der Waals surface area contributed by atoms with Gasteiger partial charge in [-0.05, 0) is 43.4 Å². The Hall–Kier alpha value is -1.58. The maximum absolute atomic E-state index is 13.5. The minimum Gasteiger partial charge on any atom is -0.494 e. The van der Waals surface area contributed by atoms with Crippen LogP contribution in [-0.4, -0.2) is 19.1 Å². The summed E-state index contributed by atoms with van der Waals surface area (Å²) in [6, 6.07) is 4.49. The van der Waals surface area contributed by atoms with Gasteiger partial charge in [-0.15, -0.1) is 0 Å². The highest BCUT2D eigenvalue weighted by Crippen LogP contribution is 2.25. The predicted molar refractivity (Wildman–Crippen MR) is 67.2 cm³/mol. The second kappa shape index (κ2) is 5.38. The summed E-state index contributed by atoms with van der Waals surface area (Å²) >= 11 is 0. The molecule has 1 amide bonds. The van der Waals surface area contributed by atoms with E-state index in [0.717, 1.165) is 19.3 Å². The molecule has 2 rings (SSSR count). The average molecular weight is 251 g/mol. The standard InChI is InChI=1S/C14H18FNO2/c1-9-3-5-11(7-9)16-14(17)10-4-6-13(18-2)12(15)8-10/h4,6,8-9,11H,3,5,7H2,1-2H3,(H,16,17). The lowest BCUT2D eigenvalue weighted by atomic mass is 10.1. The Morgan fingerprint density at radius 3 is 2.78 bits per heavy atom. The number of rotatable bonds is 3. The van der Waals surface area contributed by atoms with Gasteiger partial charge in [0.05, 0.1) is 7.11 Å². The highest BCUT2D eigenvalue weighted by atomic mass is 19.1. The number of halogens is 1. The fourth-order valence-electron chi connectivity index (χ4n) is 2.41. The number of carbonyl (C=O) groups is 1. The summed E-state index contributed by atoms with van der Waals surface area (Å²) in [5, 5.41) is 2.94. The molecule has 1 N–H and O–H groups in total. The van der Waals surface area contributed by atoms with Crippen LogP contribution in [0.2, 0.25) is 0 Å². The van der Waals surface area contributed by atoms with Gasteiger partial charge in [-0.3, -0.25) is 4.79 Å². The van der Waals surface area contributed by atoms with Gasteiger partial charge in [0, 0.05) is 11.6 Å². The van der Waals surface area contributed by atoms with Crippen LogP contribution in [0.1, 0.15) is 36.5 Å². The molecular formula is C14H18FNO2. The van der Waals surface area contributed by atoms with Crippen molar-refractivity contribution in [1.82, 2.24) is 5.32 Å². The molecule has 0 aromatic heterocycles. The quantitative estimate of drug-likeness (QED) is 0.897. The lowest BCUT2D eigenvalue weighted by Gasteiger charge is -2.12. The normalized spacial score (nSPS) is 22.8. The Morgan fingerprint density at radius 2 is 2.22 bits per heavy atom. The van der Waals surface area contributed by atoms with Crippen molar-refractivity contribution in [2.75, 3.05) is 7.11 Å². The third-order valence-electron chi connectivity index (χ3n) is 3.44. The summed E-state index contributed by atoms with van der Waals surface area (Å²) in [5.41, 5.74) is 0.341. The van der Waals surface area contributed by atoms with E-state index in [1.54, 1.807) is 6.07 Å². The van der Waals surface area contributed by atoms with Crippen molar-refractivity contribution in [1.29, 1.82) is 0 Å². The Morgan fingerprint density at radius 1 is 1.44 bits per heavy atom. The monoisotopic (exact) mass is 251 g/mol. The number of ether oxygens (including phenoxy) is 1. The highest BCUT2D eigenvalue weighted by molar-refractivity contribution is 5.94. The van der Waals surface area contributed by atoms with Crippen LogP contribution >= 0.6 is 0 Å². The van der Waals surface area contributed by atoms with Crippen molar-refractivity contribution in [3.8, 4) is 5.75 Å². The van der Waals surface area contributed by atoms with E-state index in [9.17, 15) is 9.18 Å². The zero-order chi connectivity index (χ0) is 13.1. The maximum Gasteiger partial charge on any atom is 0.251 e. The Labute approximate surface area is 106 Å². The third-order valence-corrected chi connectivity index (χ3v) is 3.44. The summed E-state index contributed by atoms with van der Waals surface area (Å²) in [5.74, 6) is 0.0875. The fourth-order valence-corrected chi connectivity index (χ4v) is 2.41. The zero-order valence-corrected chi connectivity index (χ0v) is 10.7. The van der Waals surface area contributed by atoms with Gasteiger partial charge >= 0.3 is 0 Å². The van der Waals surface area contributed by atoms with Gasteiger partial charge < -0.3 is 10.1 Å². The van der Waals surface area contributed by atoms with Gasteiger partial charge in [-0.2, -0.15) is 0 Å². The fraction of sp³-hybridized carbons (Fsp3) is 0.500. The second-order valence-corrected chi connectivity index (χ2v) is 4.94. The molecule has 98 valence electrons. The number of hydrogen-bond donors (Lipinski definition) is 1. The minimum absolute atomic E-state index is 0.154.